The van der Waals surface area contributed by atoms with E-state index >= 15 is 0 Å². The van der Waals surface area contributed by atoms with E-state index in [9.17, 15) is 10.1 Å². The van der Waals surface area contributed by atoms with Crippen molar-refractivity contribution in [1.29, 1.82) is 5.26 Å². The first kappa shape index (κ1) is 20.9. The molecule has 1 amide bonds. The van der Waals surface area contributed by atoms with Gasteiger partial charge >= 0.3 is 6.09 Å². The zero-order valence-corrected chi connectivity index (χ0v) is 18.2. The second kappa shape index (κ2) is 7.53. The van der Waals surface area contributed by atoms with Gasteiger partial charge < -0.3 is 19.3 Å². The first-order valence-corrected chi connectivity index (χ1v) is 10.0. The van der Waals surface area contributed by atoms with Crippen LogP contribution in [0.4, 0.5) is 10.5 Å². The molecule has 2 saturated heterocycles. The molecule has 8 heteroatoms. The van der Waals surface area contributed by atoms with Crippen molar-refractivity contribution >= 4 is 35.0 Å². The Kier molecular flexibility index (Phi) is 5.62. The van der Waals surface area contributed by atoms with Gasteiger partial charge in [-0.05, 0) is 39.7 Å². The summed E-state index contributed by atoms with van der Waals surface area (Å²) in [6, 6.07) is 3.92. The minimum Gasteiger partial charge on any atom is -0.494 e. The molecule has 1 spiro atoms. The van der Waals surface area contributed by atoms with E-state index in [-0.39, 0.29) is 16.5 Å². The van der Waals surface area contributed by atoms with Crippen LogP contribution in [0.1, 0.15) is 39.2 Å². The van der Waals surface area contributed by atoms with Gasteiger partial charge in [-0.15, -0.1) is 0 Å². The number of nitrogens with zero attached hydrogens (tertiary/aromatic N) is 3. The van der Waals surface area contributed by atoms with Crippen molar-refractivity contribution in [1.82, 2.24) is 4.90 Å². The normalized spacial score (nSPS) is 18.5. The zero-order valence-electron chi connectivity index (χ0n) is 16.6. The quantitative estimate of drug-likeness (QED) is 0.685. The molecule has 0 aromatic heterocycles. The molecule has 0 aliphatic carbocycles. The fraction of sp³-hybridized carbons (Fsp3) is 0.600. The average Bonchev–Trinajstić information content (AvgIpc) is 2.58. The van der Waals surface area contributed by atoms with E-state index < -0.39 is 5.60 Å². The lowest BCUT2D eigenvalue weighted by atomic mass is 9.72. The van der Waals surface area contributed by atoms with Crippen molar-refractivity contribution in [2.24, 2.45) is 5.41 Å². The SMILES string of the molecule is COc1c(Cl)cc(N2CCC3(CC2)CN(C(=O)OC(C)(C)C)C3)c(C#N)c1Cl. The molecular weight excluding hydrogens is 401 g/mol. The summed E-state index contributed by atoms with van der Waals surface area (Å²) >= 11 is 12.6. The second-order valence-corrected chi connectivity index (χ2v) is 9.32. The number of anilines is 1. The molecule has 0 saturated carbocycles. The van der Waals surface area contributed by atoms with Gasteiger partial charge in [-0.1, -0.05) is 23.2 Å². The van der Waals surface area contributed by atoms with Crippen LogP contribution in [0.25, 0.3) is 0 Å². The van der Waals surface area contributed by atoms with Gasteiger partial charge in [-0.25, -0.2) is 4.79 Å². The van der Waals surface area contributed by atoms with E-state index in [1.54, 1.807) is 11.0 Å². The van der Waals surface area contributed by atoms with Crippen LogP contribution in [-0.2, 0) is 4.74 Å². The van der Waals surface area contributed by atoms with E-state index in [4.69, 9.17) is 32.7 Å². The number of ether oxygens (including phenoxy) is 2. The van der Waals surface area contributed by atoms with E-state index in [0.29, 0.717) is 29.4 Å². The van der Waals surface area contributed by atoms with Crippen molar-refractivity contribution in [2.75, 3.05) is 38.2 Å². The number of piperidine rings is 1. The molecule has 2 aliphatic heterocycles. The molecule has 6 nitrogen and oxygen atoms in total. The third kappa shape index (κ3) is 3.97. The number of benzene rings is 1. The minimum absolute atomic E-state index is 0.125. The highest BCUT2D eigenvalue weighted by molar-refractivity contribution is 6.38. The Morgan fingerprint density at radius 3 is 2.36 bits per heavy atom. The lowest BCUT2D eigenvalue weighted by Gasteiger charge is -2.54. The molecule has 2 heterocycles. The Balaban J connectivity index is 1.66. The van der Waals surface area contributed by atoms with Crippen LogP contribution in [0, 0.1) is 16.7 Å². The standard InChI is InChI=1S/C20H25Cl2N3O3/c1-19(2,3)28-18(26)25-11-20(12-25)5-7-24(8-6-20)15-9-14(21)17(27-4)16(22)13(15)10-23/h9H,5-8,11-12H2,1-4H3. The highest BCUT2D eigenvalue weighted by Gasteiger charge is 2.48. The lowest BCUT2D eigenvalue weighted by Crippen LogP contribution is -2.62. The number of carbonyl (C=O) groups excluding carboxylic acids is 1. The van der Waals surface area contributed by atoms with Crippen molar-refractivity contribution < 1.29 is 14.3 Å². The van der Waals surface area contributed by atoms with E-state index in [1.165, 1.54) is 7.11 Å². The molecule has 2 aliphatic rings. The van der Waals surface area contributed by atoms with Crippen LogP contribution in [0.3, 0.4) is 0 Å². The van der Waals surface area contributed by atoms with Crippen LogP contribution in [-0.4, -0.2) is 49.9 Å². The lowest BCUT2D eigenvalue weighted by molar-refractivity contribution is -0.0434. The molecule has 0 N–H and O–H groups in total. The molecule has 3 rings (SSSR count). The Hall–Kier alpha value is -1.84. The summed E-state index contributed by atoms with van der Waals surface area (Å²) in [5.74, 6) is 0.323. The first-order chi connectivity index (χ1) is 13.1. The number of hydrogen-bond donors (Lipinski definition) is 0. The monoisotopic (exact) mass is 425 g/mol. The maximum absolute atomic E-state index is 12.2. The summed E-state index contributed by atoms with van der Waals surface area (Å²) in [6.07, 6.45) is 1.61. The minimum atomic E-state index is -0.482. The van der Waals surface area contributed by atoms with Gasteiger partial charge in [-0.3, -0.25) is 0 Å². The van der Waals surface area contributed by atoms with E-state index in [2.05, 4.69) is 11.0 Å². The average molecular weight is 426 g/mol. The molecule has 0 bridgehead atoms. The Morgan fingerprint density at radius 1 is 1.25 bits per heavy atom. The third-order valence-electron chi connectivity index (χ3n) is 5.34. The van der Waals surface area contributed by atoms with E-state index in [1.807, 2.05) is 20.8 Å². The molecule has 28 heavy (non-hydrogen) atoms. The van der Waals surface area contributed by atoms with Gasteiger partial charge in [0.15, 0.2) is 5.75 Å². The fourth-order valence-corrected chi connectivity index (χ4v) is 4.53. The number of halogens is 2. The van der Waals surface area contributed by atoms with Crippen LogP contribution < -0.4 is 9.64 Å². The predicted molar refractivity (Wildman–Crippen MR) is 109 cm³/mol. The smallest absolute Gasteiger partial charge is 0.410 e. The van der Waals surface area contributed by atoms with Crippen molar-refractivity contribution in [2.45, 2.75) is 39.2 Å². The summed E-state index contributed by atoms with van der Waals surface area (Å²) in [4.78, 5) is 16.1. The van der Waals surface area contributed by atoms with Crippen LogP contribution in [0.2, 0.25) is 10.0 Å². The summed E-state index contributed by atoms with van der Waals surface area (Å²) in [5.41, 5.74) is 0.753. The molecular formula is C20H25Cl2N3O3. The fourth-order valence-electron chi connectivity index (χ4n) is 3.89. The summed E-state index contributed by atoms with van der Waals surface area (Å²) in [6.45, 7) is 8.59. The molecule has 152 valence electrons. The Morgan fingerprint density at radius 2 is 1.86 bits per heavy atom. The highest BCUT2D eigenvalue weighted by Crippen LogP contribution is 2.45. The Labute approximate surface area is 175 Å². The summed E-state index contributed by atoms with van der Waals surface area (Å²) < 4.78 is 10.6. The molecule has 1 aromatic carbocycles. The van der Waals surface area contributed by atoms with Crippen LogP contribution in [0.15, 0.2) is 6.07 Å². The van der Waals surface area contributed by atoms with Gasteiger partial charge in [0.05, 0.1) is 23.4 Å². The van der Waals surface area contributed by atoms with Crippen LogP contribution in [0.5, 0.6) is 5.75 Å². The zero-order chi connectivity index (χ0) is 20.7. The highest BCUT2D eigenvalue weighted by atomic mass is 35.5. The van der Waals surface area contributed by atoms with Gasteiger partial charge in [0.1, 0.15) is 16.7 Å². The van der Waals surface area contributed by atoms with Gasteiger partial charge in [0.2, 0.25) is 0 Å². The third-order valence-corrected chi connectivity index (χ3v) is 5.98. The molecule has 2 fully saturated rings. The maximum Gasteiger partial charge on any atom is 0.410 e. The molecule has 0 unspecified atom stereocenters. The maximum atomic E-state index is 12.2. The number of nitriles is 1. The summed E-state index contributed by atoms with van der Waals surface area (Å²) in [7, 11) is 1.48. The second-order valence-electron chi connectivity index (χ2n) is 8.54. The van der Waals surface area contributed by atoms with E-state index in [0.717, 1.165) is 31.6 Å². The Bertz CT molecular complexity index is 813. The number of carbonyl (C=O) groups is 1. The molecule has 0 atom stereocenters. The van der Waals surface area contributed by atoms with Crippen molar-refractivity contribution in [3.63, 3.8) is 0 Å². The van der Waals surface area contributed by atoms with Crippen molar-refractivity contribution in [3.05, 3.63) is 21.7 Å². The largest absolute Gasteiger partial charge is 0.494 e. The van der Waals surface area contributed by atoms with Crippen LogP contribution >= 0.6 is 23.2 Å². The summed E-state index contributed by atoms with van der Waals surface area (Å²) in [5, 5.41) is 10.2. The number of hydrogen-bond acceptors (Lipinski definition) is 5. The topological polar surface area (TPSA) is 65.8 Å². The first-order valence-electron chi connectivity index (χ1n) is 9.28. The number of methoxy groups -OCH3 is 1. The number of rotatable bonds is 2. The predicted octanol–water partition coefficient (Wildman–Crippen LogP) is 4.71. The molecule has 0 radical (unpaired) electrons. The van der Waals surface area contributed by atoms with Crippen molar-refractivity contribution in [3.8, 4) is 11.8 Å². The number of likely N-dealkylation sites (tertiary alicyclic amines) is 1. The molecule has 1 aromatic rings. The van der Waals surface area contributed by atoms with Gasteiger partial charge in [-0.2, -0.15) is 5.26 Å². The van der Waals surface area contributed by atoms with Gasteiger partial charge in [0.25, 0.3) is 0 Å². The van der Waals surface area contributed by atoms with Gasteiger partial charge in [0, 0.05) is 31.6 Å². The number of amides is 1.